The van der Waals surface area contributed by atoms with Crippen LogP contribution in [0.5, 0.6) is 0 Å². The Morgan fingerprint density at radius 1 is 1.09 bits per heavy atom. The smallest absolute Gasteiger partial charge is 0.408 e. The number of amides is 4. The number of aromatic nitrogens is 1. The monoisotopic (exact) mass is 593 g/mol. The molecule has 3 heterocycles. The Morgan fingerprint density at radius 2 is 1.88 bits per heavy atom. The van der Waals surface area contributed by atoms with Gasteiger partial charge in [0.05, 0.1) is 17.6 Å². The molecule has 12 heteroatoms. The van der Waals surface area contributed by atoms with Crippen LogP contribution in [-0.2, 0) is 27.3 Å². The first-order valence-corrected chi connectivity index (χ1v) is 14.6. The predicted molar refractivity (Wildman–Crippen MR) is 156 cm³/mol. The molecule has 2 bridgehead atoms. The summed E-state index contributed by atoms with van der Waals surface area (Å²) in [4.78, 5) is 69.0. The number of rotatable bonds is 3. The van der Waals surface area contributed by atoms with Crippen LogP contribution in [0.15, 0.2) is 51.7 Å². The number of hydrogen-bond donors (Lipinski definition) is 2. The molecule has 0 spiro atoms. The first kappa shape index (κ1) is 30.0. The van der Waals surface area contributed by atoms with Gasteiger partial charge in [-0.3, -0.25) is 23.7 Å². The molecule has 1 fully saturated rings. The van der Waals surface area contributed by atoms with Gasteiger partial charge in [-0.25, -0.2) is 9.18 Å². The Hall–Kier alpha value is -4.48. The maximum absolute atomic E-state index is 14.8. The minimum absolute atomic E-state index is 0.00370. The molecular weight excluding hydrogens is 557 g/mol. The maximum Gasteiger partial charge on any atom is 0.420 e. The van der Waals surface area contributed by atoms with Crippen molar-refractivity contribution in [1.29, 1.82) is 0 Å². The molecule has 0 unspecified atom stereocenters. The number of fused-ring (bicyclic) bond motifs is 4. The molecule has 2 aromatic carbocycles. The summed E-state index contributed by atoms with van der Waals surface area (Å²) < 4.78 is 21.3. The standard InChI is InChI=1S/C31H36FN5O6/c1-19(2)23-16-35(28(39)18-37-24-8-3-4-10-26(24)43-31(37)42)17-27(38)33-13-5-7-20-11-12-22(32)21(15-20)30(41)36-14-6-9-25(36)29(40)34-23/h3-4,8,10-12,15,19,23,25H,5-7,9,13-14,16-18H2,1-2H3,(H,33,38)(H,34,40)/t23-,25-/m0/s1. The first-order chi connectivity index (χ1) is 20.6. The van der Waals surface area contributed by atoms with Crippen molar-refractivity contribution in [3.05, 3.63) is 70.0 Å². The molecule has 1 aromatic heterocycles. The summed E-state index contributed by atoms with van der Waals surface area (Å²) in [5.74, 6) is -3.32. The topological polar surface area (TPSA) is 134 Å². The molecule has 1 saturated heterocycles. The van der Waals surface area contributed by atoms with Crippen LogP contribution in [0, 0.1) is 11.7 Å². The van der Waals surface area contributed by atoms with Gasteiger partial charge in [0.15, 0.2) is 5.58 Å². The Balaban J connectivity index is 1.43. The highest BCUT2D eigenvalue weighted by Crippen LogP contribution is 2.23. The maximum atomic E-state index is 14.8. The molecule has 3 aromatic rings. The van der Waals surface area contributed by atoms with Gasteiger partial charge in [-0.1, -0.05) is 32.0 Å². The highest BCUT2D eigenvalue weighted by Gasteiger charge is 2.37. The zero-order valence-electron chi connectivity index (χ0n) is 24.3. The summed E-state index contributed by atoms with van der Waals surface area (Å²) in [5.41, 5.74) is 1.45. The minimum Gasteiger partial charge on any atom is -0.408 e. The fourth-order valence-electron chi connectivity index (χ4n) is 5.67. The van der Waals surface area contributed by atoms with Gasteiger partial charge in [0.25, 0.3) is 5.91 Å². The number of oxazole rings is 1. The third kappa shape index (κ3) is 6.63. The fraction of sp³-hybridized carbons (Fsp3) is 0.452. The van der Waals surface area contributed by atoms with Crippen LogP contribution in [0.4, 0.5) is 4.39 Å². The van der Waals surface area contributed by atoms with Gasteiger partial charge in [0.2, 0.25) is 17.7 Å². The van der Waals surface area contributed by atoms with Crippen molar-refractivity contribution in [3.8, 4) is 0 Å². The molecule has 5 rings (SSSR count). The lowest BCUT2D eigenvalue weighted by Crippen LogP contribution is -2.55. The van der Waals surface area contributed by atoms with Crippen molar-refractivity contribution in [1.82, 2.24) is 25.0 Å². The number of nitrogens with one attached hydrogen (secondary N) is 2. The van der Waals surface area contributed by atoms with E-state index in [2.05, 4.69) is 10.6 Å². The van der Waals surface area contributed by atoms with Gasteiger partial charge >= 0.3 is 5.76 Å². The normalized spacial score (nSPS) is 20.6. The molecule has 228 valence electrons. The van der Waals surface area contributed by atoms with E-state index in [1.807, 2.05) is 13.8 Å². The fourth-order valence-corrected chi connectivity index (χ4v) is 5.67. The lowest BCUT2D eigenvalue weighted by atomic mass is 10.0. The van der Waals surface area contributed by atoms with Crippen molar-refractivity contribution in [2.45, 2.75) is 58.2 Å². The second-order valence-corrected chi connectivity index (χ2v) is 11.5. The van der Waals surface area contributed by atoms with Crippen LogP contribution >= 0.6 is 0 Å². The average Bonchev–Trinajstić information content (AvgIpc) is 3.59. The van der Waals surface area contributed by atoms with E-state index < -0.39 is 47.3 Å². The first-order valence-electron chi connectivity index (χ1n) is 14.6. The molecule has 2 aliphatic heterocycles. The summed E-state index contributed by atoms with van der Waals surface area (Å²) in [6.07, 6.45) is 2.02. The number of carbonyl (C=O) groups excluding carboxylic acids is 4. The molecule has 11 nitrogen and oxygen atoms in total. The molecule has 0 radical (unpaired) electrons. The number of benzene rings is 2. The third-order valence-corrected chi connectivity index (χ3v) is 8.15. The molecule has 2 atom stereocenters. The van der Waals surface area contributed by atoms with Crippen LogP contribution in [0.25, 0.3) is 11.1 Å². The van der Waals surface area contributed by atoms with E-state index in [-0.39, 0.29) is 31.1 Å². The molecule has 2 aliphatic rings. The van der Waals surface area contributed by atoms with Crippen LogP contribution in [0.2, 0.25) is 0 Å². The highest BCUT2D eigenvalue weighted by atomic mass is 19.1. The minimum atomic E-state index is -0.796. The lowest BCUT2D eigenvalue weighted by Gasteiger charge is -2.32. The zero-order chi connectivity index (χ0) is 30.7. The Morgan fingerprint density at radius 3 is 2.67 bits per heavy atom. The van der Waals surface area contributed by atoms with Crippen molar-refractivity contribution in [3.63, 3.8) is 0 Å². The van der Waals surface area contributed by atoms with Gasteiger partial charge in [-0.2, -0.15) is 0 Å². The SMILES string of the molecule is CC(C)[C@@H]1CN(C(=O)Cn2c(=O)oc3ccccc32)CC(=O)NCCCc2ccc(F)c(c2)C(=O)N2CCC[C@H]2C(=O)N1. The number of carbonyl (C=O) groups is 4. The zero-order valence-corrected chi connectivity index (χ0v) is 24.3. The van der Waals surface area contributed by atoms with Gasteiger partial charge < -0.3 is 24.9 Å². The van der Waals surface area contributed by atoms with E-state index >= 15 is 0 Å². The predicted octanol–water partition coefficient (Wildman–Crippen LogP) is 2.07. The van der Waals surface area contributed by atoms with E-state index in [0.717, 1.165) is 5.56 Å². The van der Waals surface area contributed by atoms with E-state index in [1.165, 1.54) is 26.5 Å². The molecular formula is C31H36FN5O6. The Labute approximate surface area is 248 Å². The molecule has 0 saturated carbocycles. The lowest BCUT2D eigenvalue weighted by molar-refractivity contribution is -0.137. The number of halogens is 1. The summed E-state index contributed by atoms with van der Waals surface area (Å²) in [7, 11) is 0. The average molecular weight is 594 g/mol. The molecule has 4 amide bonds. The van der Waals surface area contributed by atoms with Crippen LogP contribution in [0.1, 0.15) is 49.0 Å². The molecule has 0 aliphatic carbocycles. The van der Waals surface area contributed by atoms with Crippen LogP contribution in [-0.4, -0.2) is 76.3 Å². The van der Waals surface area contributed by atoms with Gasteiger partial charge in [0.1, 0.15) is 18.4 Å². The quantitative estimate of drug-likeness (QED) is 0.478. The number of nitrogens with zero attached hydrogens (tertiary/aromatic N) is 3. The molecule has 2 N–H and O–H groups in total. The highest BCUT2D eigenvalue weighted by molar-refractivity contribution is 5.98. The van der Waals surface area contributed by atoms with Crippen molar-refractivity contribution in [2.24, 2.45) is 5.92 Å². The molecule has 43 heavy (non-hydrogen) atoms. The van der Waals surface area contributed by atoms with Crippen molar-refractivity contribution >= 4 is 34.7 Å². The van der Waals surface area contributed by atoms with Gasteiger partial charge in [-0.05, 0) is 61.4 Å². The summed E-state index contributed by atoms with van der Waals surface area (Å²) >= 11 is 0. The Bertz CT molecular complexity index is 1600. The summed E-state index contributed by atoms with van der Waals surface area (Å²) in [6, 6.07) is 9.76. The van der Waals surface area contributed by atoms with E-state index in [1.54, 1.807) is 30.3 Å². The van der Waals surface area contributed by atoms with E-state index in [4.69, 9.17) is 4.42 Å². The number of para-hydroxylation sites is 2. The van der Waals surface area contributed by atoms with Crippen LogP contribution in [0.3, 0.4) is 0 Å². The van der Waals surface area contributed by atoms with Crippen LogP contribution < -0.4 is 16.4 Å². The Kier molecular flexibility index (Phi) is 8.93. The second-order valence-electron chi connectivity index (χ2n) is 11.5. The summed E-state index contributed by atoms with van der Waals surface area (Å²) in [5, 5.41) is 5.80. The largest absolute Gasteiger partial charge is 0.420 e. The summed E-state index contributed by atoms with van der Waals surface area (Å²) in [6.45, 7) is 3.74. The number of hydrogen-bond acceptors (Lipinski definition) is 6. The third-order valence-electron chi connectivity index (χ3n) is 8.15. The van der Waals surface area contributed by atoms with E-state index in [0.29, 0.717) is 49.9 Å². The second kappa shape index (κ2) is 12.8. The van der Waals surface area contributed by atoms with Crippen molar-refractivity contribution in [2.75, 3.05) is 26.2 Å². The van der Waals surface area contributed by atoms with Crippen molar-refractivity contribution < 1.29 is 28.0 Å². The van der Waals surface area contributed by atoms with Gasteiger partial charge in [-0.15, -0.1) is 0 Å². The van der Waals surface area contributed by atoms with Gasteiger partial charge in [0, 0.05) is 25.7 Å². The number of aryl methyl sites for hydroxylation is 1. The van der Waals surface area contributed by atoms with E-state index in [9.17, 15) is 28.4 Å².